The van der Waals surface area contributed by atoms with Crippen LogP contribution in [0.2, 0.25) is 5.15 Å². The molecular formula is C108H72BClN4O2. The smallest absolute Gasteiger partial charge is 0.399 e. The highest BCUT2D eigenvalue weighted by Crippen LogP contribution is 2.68. The Balaban J connectivity index is 0.000000113. The molecular weight excluding hydrogens is 1430 g/mol. The number of fused-ring (bicyclic) bond motifs is 28. The molecule has 2 atom stereocenters. The summed E-state index contributed by atoms with van der Waals surface area (Å²) in [4.78, 5) is 19.2. The first-order chi connectivity index (χ1) is 56.9. The fourth-order valence-electron chi connectivity index (χ4n) is 20.2. The van der Waals surface area contributed by atoms with Crippen LogP contribution >= 0.6 is 11.6 Å². The van der Waals surface area contributed by atoms with E-state index in [1.54, 1.807) is 6.07 Å². The topological polar surface area (TPSA) is 70.0 Å². The molecule has 2 spiro atoms. The third-order valence-corrected chi connectivity index (χ3v) is 26.1. The lowest BCUT2D eigenvalue weighted by atomic mass is 9.68. The Kier molecular flexibility index (Phi) is 15.1. The van der Waals surface area contributed by atoms with Crippen LogP contribution in [-0.2, 0) is 20.1 Å². The molecule has 7 aliphatic rings. The predicted octanol–water partition coefficient (Wildman–Crippen LogP) is 26.2. The summed E-state index contributed by atoms with van der Waals surface area (Å²) in [6, 6.07) is 131. The lowest BCUT2D eigenvalue weighted by Crippen LogP contribution is -2.41. The Morgan fingerprint density at radius 1 is 0.241 bits per heavy atom. The van der Waals surface area contributed by atoms with Crippen molar-refractivity contribution >= 4 is 45.7 Å². The summed E-state index contributed by atoms with van der Waals surface area (Å²) in [5, 5.41) is 5.85. The Hall–Kier alpha value is -13.5. The SMILES string of the molecule is CC1(C)OB(c2ccc3c(c2)C2(c4ccccc4-3)c3ccccc3-c3c2cc2c4c(cccc34)-c3ccccc3-2)OC1(C)C.Clc1cc(-c2ccccc2)nc(-c2ccccc2)n1.c1ccc(-c2cc(-c3ccc4c(c3)C3(c5ccccc5-4)c4ccccc4-c4c3cc3c5c(cccc45)-c4ccccc4-3)nc(-c3ccccc3)n2)cc1. The monoisotopic (exact) mass is 1500 g/mol. The molecule has 6 nitrogen and oxygen atoms in total. The third-order valence-electron chi connectivity index (χ3n) is 25.9. The molecule has 3 heterocycles. The van der Waals surface area contributed by atoms with Gasteiger partial charge in [-0.05, 0) is 212 Å². The van der Waals surface area contributed by atoms with Crippen LogP contribution in [0.1, 0.15) is 72.2 Å². The second-order valence-electron chi connectivity index (χ2n) is 32.4. The Morgan fingerprint density at radius 2 is 0.578 bits per heavy atom. The molecule has 8 heteroatoms. The van der Waals surface area contributed by atoms with Gasteiger partial charge < -0.3 is 9.31 Å². The molecule has 2 unspecified atom stereocenters. The van der Waals surface area contributed by atoms with Gasteiger partial charge >= 0.3 is 7.12 Å². The third kappa shape index (κ3) is 9.86. The van der Waals surface area contributed by atoms with Crippen LogP contribution in [0.3, 0.4) is 0 Å². The zero-order valence-electron chi connectivity index (χ0n) is 64.2. The minimum absolute atomic E-state index is 0.405. The maximum absolute atomic E-state index is 6.59. The van der Waals surface area contributed by atoms with E-state index in [1.165, 1.54) is 155 Å². The van der Waals surface area contributed by atoms with Crippen LogP contribution in [0.15, 0.2) is 364 Å². The lowest BCUT2D eigenvalue weighted by Gasteiger charge is -2.32. The molecule has 6 aliphatic carbocycles. The molecule has 0 radical (unpaired) electrons. The molecule has 0 N–H and O–H groups in total. The first-order valence-corrected chi connectivity index (χ1v) is 40.4. The molecule has 546 valence electrons. The van der Waals surface area contributed by atoms with E-state index in [1.807, 2.05) is 72.8 Å². The van der Waals surface area contributed by atoms with Crippen molar-refractivity contribution in [3.63, 3.8) is 0 Å². The summed E-state index contributed by atoms with van der Waals surface area (Å²) in [7, 11) is -0.425. The van der Waals surface area contributed by atoms with Crippen LogP contribution in [0.25, 0.3) is 167 Å². The Morgan fingerprint density at radius 3 is 1.03 bits per heavy atom. The zero-order valence-corrected chi connectivity index (χ0v) is 65.0. The molecule has 0 saturated carbocycles. The number of nitrogens with zero attached hydrogens (tertiary/aromatic N) is 4. The van der Waals surface area contributed by atoms with Gasteiger partial charge in [-0.2, -0.15) is 0 Å². The second-order valence-corrected chi connectivity index (χ2v) is 32.8. The number of rotatable bonds is 6. The minimum Gasteiger partial charge on any atom is -0.399 e. The van der Waals surface area contributed by atoms with E-state index in [0.29, 0.717) is 11.0 Å². The van der Waals surface area contributed by atoms with Crippen molar-refractivity contribution in [2.24, 2.45) is 0 Å². The number of hydrogen-bond acceptors (Lipinski definition) is 6. The Bertz CT molecular complexity index is 7060. The maximum atomic E-state index is 6.59. The molecule has 25 rings (SSSR count). The van der Waals surface area contributed by atoms with E-state index in [0.717, 1.165) is 56.2 Å². The summed E-state index contributed by atoms with van der Waals surface area (Å²) in [5.74, 6) is 1.37. The fourth-order valence-corrected chi connectivity index (χ4v) is 20.4. The van der Waals surface area contributed by atoms with Gasteiger partial charge in [0.1, 0.15) is 5.15 Å². The largest absolute Gasteiger partial charge is 0.494 e. The first-order valence-electron chi connectivity index (χ1n) is 40.0. The summed E-state index contributed by atoms with van der Waals surface area (Å²) in [6.07, 6.45) is 0. The normalized spacial score (nSPS) is 16.4. The molecule has 16 aromatic carbocycles. The van der Waals surface area contributed by atoms with Crippen LogP contribution in [0.5, 0.6) is 0 Å². The van der Waals surface area contributed by atoms with Gasteiger partial charge in [-0.1, -0.05) is 345 Å². The second kappa shape index (κ2) is 25.7. The average molecular weight is 1500 g/mol. The van der Waals surface area contributed by atoms with Crippen molar-refractivity contribution in [1.29, 1.82) is 0 Å². The van der Waals surface area contributed by atoms with Crippen LogP contribution in [-0.4, -0.2) is 38.3 Å². The zero-order chi connectivity index (χ0) is 77.3. The molecule has 2 aromatic heterocycles. The van der Waals surface area contributed by atoms with Gasteiger partial charge in [-0.3, -0.25) is 0 Å². The minimum atomic E-state index is -0.496. The van der Waals surface area contributed by atoms with Gasteiger partial charge in [0.15, 0.2) is 11.6 Å². The van der Waals surface area contributed by atoms with Crippen molar-refractivity contribution < 1.29 is 9.31 Å². The summed E-state index contributed by atoms with van der Waals surface area (Å²) < 4.78 is 13.2. The number of halogens is 1. The fraction of sp³-hybridized carbons (Fsp3) is 0.0741. The lowest BCUT2D eigenvalue weighted by molar-refractivity contribution is 0.00578. The highest BCUT2D eigenvalue weighted by Gasteiger charge is 2.57. The van der Waals surface area contributed by atoms with E-state index < -0.39 is 29.2 Å². The predicted molar refractivity (Wildman–Crippen MR) is 475 cm³/mol. The van der Waals surface area contributed by atoms with Crippen LogP contribution in [0, 0.1) is 0 Å². The van der Waals surface area contributed by atoms with E-state index >= 15 is 0 Å². The summed E-state index contributed by atoms with van der Waals surface area (Å²) in [6.45, 7) is 8.51. The number of benzene rings is 16. The number of aromatic nitrogens is 4. The molecule has 0 bridgehead atoms. The van der Waals surface area contributed by atoms with Crippen molar-refractivity contribution in [3.8, 4) is 146 Å². The van der Waals surface area contributed by atoms with Crippen molar-refractivity contribution in [3.05, 3.63) is 414 Å². The van der Waals surface area contributed by atoms with Gasteiger partial charge in [0.2, 0.25) is 0 Å². The van der Waals surface area contributed by atoms with E-state index in [-0.39, 0.29) is 0 Å². The highest BCUT2D eigenvalue weighted by atomic mass is 35.5. The van der Waals surface area contributed by atoms with E-state index in [2.05, 4.69) is 323 Å². The summed E-state index contributed by atoms with van der Waals surface area (Å²) in [5.41, 5.74) is 39.0. The first kappa shape index (κ1) is 68.1. The molecule has 18 aromatic rings. The van der Waals surface area contributed by atoms with Gasteiger partial charge in [-0.15, -0.1) is 0 Å². The van der Waals surface area contributed by atoms with Gasteiger partial charge in [-0.25, -0.2) is 19.9 Å². The molecule has 1 aliphatic heterocycles. The maximum Gasteiger partial charge on any atom is 0.494 e. The quantitative estimate of drug-likeness (QED) is 0.122. The van der Waals surface area contributed by atoms with Gasteiger partial charge in [0.25, 0.3) is 0 Å². The standard InChI is InChI=1S/C51H30N2.C41H31BO2.C16H11ClN2/c1-3-14-31(15-4-1)46-30-47(53-50(52-46)32-16-5-2-6-17-32)33-26-27-37-36-20-9-11-24-42(36)51(44(37)28-33)43-25-12-10-21-39(43)49-40-23-13-22-38-34-18-7-8-19-35(34)41(48(38)40)29-45(49)51;1-39(2)40(3,4)44-42(43-39)24-20-21-28-27-14-7-9-18-33(27)41(35(28)22-24)34-19-10-8-15-30(34)38-31-17-11-16-29-25-12-5-6-13-26(25)32(37(29)31)23-36(38)41;17-15-11-14(12-7-3-1-4-8-12)18-16(19-15)13-9-5-2-6-10-13/h1-30H;5-23H,1-4H3;1-11H. The number of hydrogen-bond donors (Lipinski definition) is 0. The van der Waals surface area contributed by atoms with Crippen molar-refractivity contribution in [2.75, 3.05) is 0 Å². The van der Waals surface area contributed by atoms with Crippen molar-refractivity contribution in [2.45, 2.75) is 49.7 Å². The molecule has 1 saturated heterocycles. The van der Waals surface area contributed by atoms with Gasteiger partial charge in [0, 0.05) is 33.9 Å². The van der Waals surface area contributed by atoms with E-state index in [9.17, 15) is 0 Å². The average Bonchev–Trinajstić information content (AvgIpc) is 1.50. The van der Waals surface area contributed by atoms with Crippen molar-refractivity contribution in [1.82, 2.24) is 19.9 Å². The van der Waals surface area contributed by atoms with Crippen LogP contribution < -0.4 is 5.46 Å². The van der Waals surface area contributed by atoms with Crippen LogP contribution in [0.4, 0.5) is 0 Å². The van der Waals surface area contributed by atoms with Gasteiger partial charge in [0.05, 0.1) is 39.1 Å². The molecule has 0 amide bonds. The van der Waals surface area contributed by atoms with E-state index in [4.69, 9.17) is 30.9 Å². The molecule has 116 heavy (non-hydrogen) atoms. The molecule has 1 fully saturated rings. The highest BCUT2D eigenvalue weighted by molar-refractivity contribution is 6.62. The summed E-state index contributed by atoms with van der Waals surface area (Å²) >= 11 is 6.10. The Labute approximate surface area is 679 Å².